The van der Waals surface area contributed by atoms with Crippen LogP contribution in [0.1, 0.15) is 25.2 Å². The number of nitrogens with zero attached hydrogens (tertiary/aromatic N) is 6. The molecule has 50 heavy (non-hydrogen) atoms. The van der Waals surface area contributed by atoms with Gasteiger partial charge in [-0.3, -0.25) is 18.2 Å². The fraction of sp³-hybridized carbons (Fsp3) is 0.125. The molecule has 2 amide bonds. The van der Waals surface area contributed by atoms with Gasteiger partial charge in [-0.2, -0.15) is 30.8 Å². The quantitative estimate of drug-likeness (QED) is 0.144. The SMILES string of the molecule is CC(=O)Nc1ccc(S(=O)(=O)N(Cc2cn[nH]n2)c2ccc(N(Cc3cn[nH]n3)S(=O)(=O)c3ccc(NC(C)=O)cc3)c3ccccc23)cc1. The normalized spacial score (nSPS) is 11.6. The minimum atomic E-state index is -4.27. The lowest BCUT2D eigenvalue weighted by Crippen LogP contribution is -2.32. The van der Waals surface area contributed by atoms with E-state index >= 15 is 0 Å². The van der Waals surface area contributed by atoms with Crippen molar-refractivity contribution in [2.75, 3.05) is 19.2 Å². The number of carbonyl (C=O) groups excluding carboxylic acids is 2. The molecule has 4 aromatic carbocycles. The second-order valence-electron chi connectivity index (χ2n) is 11.0. The molecule has 0 radical (unpaired) electrons. The van der Waals surface area contributed by atoms with Gasteiger partial charge >= 0.3 is 0 Å². The summed E-state index contributed by atoms with van der Waals surface area (Å²) >= 11 is 0. The average Bonchev–Trinajstić information content (AvgIpc) is 3.81. The van der Waals surface area contributed by atoms with Crippen LogP contribution in [0.4, 0.5) is 22.7 Å². The lowest BCUT2D eigenvalue weighted by atomic mass is 10.1. The molecule has 4 N–H and O–H groups in total. The predicted octanol–water partition coefficient (Wildman–Crippen LogP) is 3.78. The van der Waals surface area contributed by atoms with Crippen LogP contribution in [0.5, 0.6) is 0 Å². The summed E-state index contributed by atoms with van der Waals surface area (Å²) in [5.74, 6) is -0.608. The lowest BCUT2D eigenvalue weighted by Gasteiger charge is -2.29. The summed E-state index contributed by atoms with van der Waals surface area (Å²) in [7, 11) is -8.54. The van der Waals surface area contributed by atoms with E-state index in [1.165, 1.54) is 95.5 Å². The van der Waals surface area contributed by atoms with Crippen LogP contribution < -0.4 is 19.2 Å². The third-order valence-corrected chi connectivity index (χ3v) is 11.0. The van der Waals surface area contributed by atoms with Crippen LogP contribution in [-0.2, 0) is 42.7 Å². The summed E-state index contributed by atoms with van der Waals surface area (Å²) in [6.45, 7) is 2.27. The van der Waals surface area contributed by atoms with Gasteiger partial charge in [-0.05, 0) is 60.7 Å². The first-order chi connectivity index (χ1) is 23.9. The van der Waals surface area contributed by atoms with Gasteiger partial charge in [0, 0.05) is 36.0 Å². The number of carbonyl (C=O) groups is 2. The molecule has 0 saturated carbocycles. The minimum absolute atomic E-state index is 0.0544. The highest BCUT2D eigenvalue weighted by Crippen LogP contribution is 2.39. The predicted molar refractivity (Wildman–Crippen MR) is 185 cm³/mol. The molecule has 0 aliphatic heterocycles. The van der Waals surface area contributed by atoms with E-state index in [0.717, 1.165) is 0 Å². The summed E-state index contributed by atoms with van der Waals surface area (Å²) < 4.78 is 59.7. The minimum Gasteiger partial charge on any atom is -0.326 e. The van der Waals surface area contributed by atoms with Gasteiger partial charge in [0.05, 0.1) is 46.6 Å². The zero-order valence-electron chi connectivity index (χ0n) is 26.6. The van der Waals surface area contributed by atoms with Crippen molar-refractivity contribution in [3.63, 3.8) is 0 Å². The third kappa shape index (κ3) is 7.01. The summed E-state index contributed by atoms with van der Waals surface area (Å²) in [6.07, 6.45) is 2.81. The molecular formula is C32H30N10O6S2. The molecule has 0 aliphatic carbocycles. The number of rotatable bonds is 12. The van der Waals surface area contributed by atoms with Gasteiger partial charge in [0.25, 0.3) is 20.0 Å². The van der Waals surface area contributed by atoms with Gasteiger partial charge in [-0.1, -0.05) is 24.3 Å². The van der Waals surface area contributed by atoms with Crippen LogP contribution in [-0.4, -0.2) is 59.5 Å². The van der Waals surface area contributed by atoms with E-state index in [1.807, 2.05) is 0 Å². The Hall–Kier alpha value is -6.14. The molecule has 0 saturated heterocycles. The fourth-order valence-corrected chi connectivity index (χ4v) is 8.19. The number of nitrogens with one attached hydrogen (secondary N) is 4. The number of amides is 2. The topological polar surface area (TPSA) is 216 Å². The Balaban J connectivity index is 1.49. The molecule has 0 bridgehead atoms. The van der Waals surface area contributed by atoms with Crippen LogP contribution >= 0.6 is 0 Å². The monoisotopic (exact) mass is 714 g/mol. The Bertz CT molecular complexity index is 2200. The molecule has 16 nitrogen and oxygen atoms in total. The second kappa shape index (κ2) is 13.8. The highest BCUT2D eigenvalue weighted by molar-refractivity contribution is 7.93. The first-order valence-electron chi connectivity index (χ1n) is 15.0. The van der Waals surface area contributed by atoms with E-state index in [-0.39, 0.29) is 46.1 Å². The summed E-state index contributed by atoms with van der Waals surface area (Å²) in [4.78, 5) is 22.9. The molecular weight excluding hydrogens is 685 g/mol. The first kappa shape index (κ1) is 33.7. The van der Waals surface area contributed by atoms with Gasteiger partial charge < -0.3 is 10.6 Å². The Kier molecular flexibility index (Phi) is 9.29. The molecule has 2 heterocycles. The van der Waals surface area contributed by atoms with E-state index < -0.39 is 20.0 Å². The molecule has 2 aromatic heterocycles. The van der Waals surface area contributed by atoms with Gasteiger partial charge in [-0.15, -0.1) is 0 Å². The summed E-state index contributed by atoms with van der Waals surface area (Å²) in [5, 5.41) is 26.9. The molecule has 0 atom stereocenters. The van der Waals surface area contributed by atoms with Gasteiger partial charge in [0.15, 0.2) is 0 Å². The van der Waals surface area contributed by atoms with Crippen molar-refractivity contribution in [3.05, 3.63) is 109 Å². The number of H-pyrrole nitrogens is 2. The van der Waals surface area contributed by atoms with Crippen LogP contribution in [0.2, 0.25) is 0 Å². The Morgan fingerprint density at radius 2 is 0.980 bits per heavy atom. The highest BCUT2D eigenvalue weighted by atomic mass is 32.2. The van der Waals surface area contributed by atoms with Crippen molar-refractivity contribution in [2.24, 2.45) is 0 Å². The van der Waals surface area contributed by atoms with E-state index in [1.54, 1.807) is 24.3 Å². The van der Waals surface area contributed by atoms with Crippen molar-refractivity contribution in [1.82, 2.24) is 30.8 Å². The van der Waals surface area contributed by atoms with Gasteiger partial charge in [-0.25, -0.2) is 16.8 Å². The van der Waals surface area contributed by atoms with E-state index in [4.69, 9.17) is 0 Å². The fourth-order valence-electron chi connectivity index (χ4n) is 5.28. The first-order valence-corrected chi connectivity index (χ1v) is 17.8. The van der Waals surface area contributed by atoms with Crippen molar-refractivity contribution in [1.29, 1.82) is 0 Å². The number of aromatic nitrogens is 6. The van der Waals surface area contributed by atoms with E-state index in [2.05, 4.69) is 41.5 Å². The molecule has 0 unspecified atom stereocenters. The van der Waals surface area contributed by atoms with Gasteiger partial charge in [0.1, 0.15) is 11.4 Å². The molecule has 0 spiro atoms. The smallest absolute Gasteiger partial charge is 0.264 e. The second-order valence-corrected chi connectivity index (χ2v) is 14.7. The number of hydrogen-bond acceptors (Lipinski definition) is 10. The zero-order valence-corrected chi connectivity index (χ0v) is 28.2. The standard InChI is InChI=1S/C32H30N10O6S2/c1-21(43)35-23-7-11-27(12-8-23)49(45,46)41(19-25-17-33-39-37-25)31-15-16-32(30-6-4-3-5-29(30)31)42(20-26-18-34-40-38-26)50(47,48)28-13-9-24(10-14-28)36-22(2)44/h3-18H,19-20H2,1-2H3,(H,35,43)(H,36,44)(H,33,37,39)(H,34,38,40). The maximum absolute atomic E-state index is 14.3. The maximum atomic E-state index is 14.3. The molecule has 18 heteroatoms. The zero-order chi connectivity index (χ0) is 35.5. The van der Waals surface area contributed by atoms with Crippen molar-refractivity contribution in [2.45, 2.75) is 36.7 Å². The summed E-state index contributed by atoms with van der Waals surface area (Å²) in [5.41, 5.74) is 2.00. The van der Waals surface area contributed by atoms with E-state index in [9.17, 15) is 26.4 Å². The molecule has 6 aromatic rings. The highest BCUT2D eigenvalue weighted by Gasteiger charge is 2.31. The van der Waals surface area contributed by atoms with Crippen molar-refractivity contribution in [3.8, 4) is 0 Å². The molecule has 0 fully saturated rings. The van der Waals surface area contributed by atoms with E-state index in [0.29, 0.717) is 33.5 Å². The molecule has 6 rings (SSSR count). The third-order valence-electron chi connectivity index (χ3n) is 7.48. The van der Waals surface area contributed by atoms with Crippen LogP contribution in [0.3, 0.4) is 0 Å². The number of aromatic amines is 2. The van der Waals surface area contributed by atoms with Crippen LogP contribution in [0.15, 0.2) is 107 Å². The Morgan fingerprint density at radius 1 is 0.600 bits per heavy atom. The lowest BCUT2D eigenvalue weighted by molar-refractivity contribution is -0.115. The Morgan fingerprint density at radius 3 is 1.30 bits per heavy atom. The van der Waals surface area contributed by atoms with Crippen molar-refractivity contribution < 1.29 is 26.4 Å². The molecule has 256 valence electrons. The number of fused-ring (bicyclic) bond motifs is 1. The number of benzene rings is 4. The Labute approximate surface area is 286 Å². The number of hydrogen-bond donors (Lipinski definition) is 4. The van der Waals surface area contributed by atoms with Crippen molar-refractivity contribution >= 4 is 65.4 Å². The largest absolute Gasteiger partial charge is 0.326 e. The maximum Gasteiger partial charge on any atom is 0.264 e. The number of anilines is 4. The molecule has 0 aliphatic rings. The summed E-state index contributed by atoms with van der Waals surface area (Å²) in [6, 6.07) is 21.4. The van der Waals surface area contributed by atoms with Crippen LogP contribution in [0, 0.1) is 0 Å². The van der Waals surface area contributed by atoms with Crippen LogP contribution in [0.25, 0.3) is 10.8 Å². The number of sulfonamides is 2. The van der Waals surface area contributed by atoms with Gasteiger partial charge in [0.2, 0.25) is 11.8 Å². The average molecular weight is 715 g/mol.